The first-order valence-corrected chi connectivity index (χ1v) is 6.01. The van der Waals surface area contributed by atoms with Gasteiger partial charge in [0.15, 0.2) is 0 Å². The molecule has 0 amide bonds. The summed E-state index contributed by atoms with van der Waals surface area (Å²) in [6.45, 7) is 0. The van der Waals surface area contributed by atoms with Gasteiger partial charge in [-0.25, -0.2) is 4.68 Å². The van der Waals surface area contributed by atoms with E-state index in [1.807, 2.05) is 29.6 Å². The highest BCUT2D eigenvalue weighted by Gasteiger charge is 2.17. The van der Waals surface area contributed by atoms with Crippen LogP contribution in [0.2, 0.25) is 0 Å². The van der Waals surface area contributed by atoms with Crippen molar-refractivity contribution in [1.82, 2.24) is 15.0 Å². The second-order valence-electron chi connectivity index (χ2n) is 3.72. The molecule has 3 aromatic rings. The Labute approximate surface area is 101 Å². The number of rotatable bonds is 2. The zero-order valence-corrected chi connectivity index (χ0v) is 9.94. The van der Waals surface area contributed by atoms with E-state index < -0.39 is 0 Å². The molecular weight excluding hydrogens is 234 g/mol. The van der Waals surface area contributed by atoms with Crippen molar-refractivity contribution in [3.05, 3.63) is 47.1 Å². The molecule has 4 nitrogen and oxygen atoms in total. The first kappa shape index (κ1) is 10.2. The largest absolute Gasteiger partial charge is 0.287 e. The zero-order chi connectivity index (χ0) is 11.8. The highest BCUT2D eigenvalue weighted by Crippen LogP contribution is 2.27. The molecule has 0 saturated heterocycles. The molecule has 2 heterocycles. The normalized spacial score (nSPS) is 10.9. The minimum absolute atomic E-state index is 0.0325. The highest BCUT2D eigenvalue weighted by atomic mass is 32.1. The molecule has 3 rings (SSSR count). The first-order valence-electron chi connectivity index (χ1n) is 5.13. The second-order valence-corrected chi connectivity index (χ2v) is 4.63. The van der Waals surface area contributed by atoms with Gasteiger partial charge < -0.3 is 0 Å². The van der Waals surface area contributed by atoms with Crippen LogP contribution in [0.4, 0.5) is 0 Å². The summed E-state index contributed by atoms with van der Waals surface area (Å²) in [7, 11) is 1.72. The topological polar surface area (TPSA) is 47.8 Å². The molecule has 0 radical (unpaired) electrons. The van der Waals surface area contributed by atoms with Crippen LogP contribution in [-0.2, 0) is 7.05 Å². The lowest BCUT2D eigenvalue weighted by Gasteiger charge is -1.98. The van der Waals surface area contributed by atoms with Crippen LogP contribution in [0.25, 0.3) is 10.1 Å². The van der Waals surface area contributed by atoms with E-state index in [9.17, 15) is 4.79 Å². The minimum Gasteiger partial charge on any atom is -0.287 e. The average molecular weight is 243 g/mol. The van der Waals surface area contributed by atoms with E-state index in [2.05, 4.69) is 10.3 Å². The van der Waals surface area contributed by atoms with Gasteiger partial charge in [-0.05, 0) is 6.07 Å². The van der Waals surface area contributed by atoms with Crippen LogP contribution in [0.15, 0.2) is 35.8 Å². The molecule has 0 saturated carbocycles. The Kier molecular flexibility index (Phi) is 2.26. The number of aromatic nitrogens is 3. The van der Waals surface area contributed by atoms with Crippen molar-refractivity contribution < 1.29 is 4.79 Å². The van der Waals surface area contributed by atoms with Crippen molar-refractivity contribution in [3.8, 4) is 0 Å². The molecule has 0 aliphatic carbocycles. The fourth-order valence-corrected chi connectivity index (χ4v) is 2.73. The number of carbonyl (C=O) groups is 1. The third kappa shape index (κ3) is 1.55. The average Bonchev–Trinajstić information content (AvgIpc) is 2.94. The minimum atomic E-state index is -0.0325. The van der Waals surface area contributed by atoms with Gasteiger partial charge in [0, 0.05) is 28.1 Å². The van der Waals surface area contributed by atoms with Crippen molar-refractivity contribution in [2.24, 2.45) is 7.05 Å². The van der Waals surface area contributed by atoms with Crippen LogP contribution < -0.4 is 0 Å². The fraction of sp³-hybridized carbons (Fsp3) is 0.0833. The van der Waals surface area contributed by atoms with Crippen molar-refractivity contribution in [2.75, 3.05) is 0 Å². The van der Waals surface area contributed by atoms with Crippen molar-refractivity contribution >= 4 is 27.2 Å². The molecule has 0 fully saturated rings. The molecule has 84 valence electrons. The predicted octanol–water partition coefficient (Wildman–Crippen LogP) is 2.26. The van der Waals surface area contributed by atoms with Crippen LogP contribution in [0.5, 0.6) is 0 Å². The van der Waals surface area contributed by atoms with Crippen LogP contribution in [0.3, 0.4) is 0 Å². The molecular formula is C12H9N3OS. The third-order valence-electron chi connectivity index (χ3n) is 2.67. The maximum Gasteiger partial charge on any atom is 0.214 e. The molecule has 5 heteroatoms. The Hall–Kier alpha value is -2.01. The number of ketones is 1. The summed E-state index contributed by atoms with van der Waals surface area (Å²) in [5.41, 5.74) is 1.23. The quantitative estimate of drug-likeness (QED) is 0.649. The second kappa shape index (κ2) is 3.78. The highest BCUT2D eigenvalue weighted by molar-refractivity contribution is 7.17. The van der Waals surface area contributed by atoms with Gasteiger partial charge in [-0.1, -0.05) is 23.4 Å². The Morgan fingerprint density at radius 2 is 2.18 bits per heavy atom. The van der Waals surface area contributed by atoms with Gasteiger partial charge in [-0.3, -0.25) is 4.79 Å². The zero-order valence-electron chi connectivity index (χ0n) is 9.12. The van der Waals surface area contributed by atoms with Gasteiger partial charge >= 0.3 is 0 Å². The summed E-state index contributed by atoms with van der Waals surface area (Å²) in [5.74, 6) is -0.0325. The van der Waals surface area contributed by atoms with Crippen LogP contribution >= 0.6 is 11.3 Å². The summed E-state index contributed by atoms with van der Waals surface area (Å²) in [6.07, 6.45) is 1.49. The van der Waals surface area contributed by atoms with Crippen LogP contribution in [-0.4, -0.2) is 20.8 Å². The van der Waals surface area contributed by atoms with Gasteiger partial charge in [-0.2, -0.15) is 0 Å². The van der Waals surface area contributed by atoms with E-state index in [-0.39, 0.29) is 5.78 Å². The number of benzene rings is 1. The van der Waals surface area contributed by atoms with Crippen LogP contribution in [0, 0.1) is 0 Å². The Balaban J connectivity index is 2.17. The van der Waals surface area contributed by atoms with Crippen LogP contribution in [0.1, 0.15) is 16.1 Å². The van der Waals surface area contributed by atoms with E-state index in [0.29, 0.717) is 5.69 Å². The monoisotopic (exact) mass is 243 g/mol. The molecule has 0 bridgehead atoms. The fourth-order valence-electron chi connectivity index (χ4n) is 1.79. The first-order chi connectivity index (χ1) is 8.27. The predicted molar refractivity (Wildman–Crippen MR) is 66.3 cm³/mol. The maximum atomic E-state index is 12.3. The molecule has 0 N–H and O–H groups in total. The molecule has 2 aromatic heterocycles. The number of hydrogen-bond donors (Lipinski definition) is 0. The molecule has 0 aliphatic rings. The number of hydrogen-bond acceptors (Lipinski definition) is 4. The van der Waals surface area contributed by atoms with Gasteiger partial charge in [0.2, 0.25) is 5.78 Å². The Bertz CT molecular complexity index is 698. The molecule has 0 atom stereocenters. The molecule has 0 aliphatic heterocycles. The lowest BCUT2D eigenvalue weighted by Crippen LogP contribution is -2.07. The van der Waals surface area contributed by atoms with Gasteiger partial charge in [0.1, 0.15) is 5.69 Å². The maximum absolute atomic E-state index is 12.3. The lowest BCUT2D eigenvalue weighted by molar-refractivity contribution is 0.103. The van der Waals surface area contributed by atoms with Crippen molar-refractivity contribution in [2.45, 2.75) is 0 Å². The van der Waals surface area contributed by atoms with E-state index in [1.165, 1.54) is 10.9 Å². The van der Waals surface area contributed by atoms with Gasteiger partial charge in [-0.15, -0.1) is 16.4 Å². The molecule has 0 unspecified atom stereocenters. The van der Waals surface area contributed by atoms with E-state index in [1.54, 1.807) is 18.4 Å². The Morgan fingerprint density at radius 1 is 1.35 bits per heavy atom. The molecule has 0 spiro atoms. The smallest absolute Gasteiger partial charge is 0.214 e. The van der Waals surface area contributed by atoms with E-state index in [4.69, 9.17) is 0 Å². The number of thiophene rings is 1. The number of carbonyl (C=O) groups excluding carboxylic acids is 1. The van der Waals surface area contributed by atoms with E-state index >= 15 is 0 Å². The van der Waals surface area contributed by atoms with Crippen molar-refractivity contribution in [3.63, 3.8) is 0 Å². The number of nitrogens with zero attached hydrogens (tertiary/aromatic N) is 3. The number of aryl methyl sites for hydroxylation is 1. The summed E-state index contributed by atoms with van der Waals surface area (Å²) in [4.78, 5) is 12.3. The van der Waals surface area contributed by atoms with E-state index in [0.717, 1.165) is 15.6 Å². The molecule has 17 heavy (non-hydrogen) atoms. The third-order valence-corrected chi connectivity index (χ3v) is 3.64. The lowest BCUT2D eigenvalue weighted by atomic mass is 10.1. The SMILES string of the molecule is Cn1nncc1C(=O)c1csc2ccccc12. The standard InChI is InChI=1S/C12H9N3OS/c1-15-10(6-13-14-15)12(16)9-7-17-11-5-3-2-4-8(9)11/h2-7H,1H3. The summed E-state index contributed by atoms with van der Waals surface area (Å²) in [6, 6.07) is 7.88. The summed E-state index contributed by atoms with van der Waals surface area (Å²) >= 11 is 1.57. The number of fused-ring (bicyclic) bond motifs is 1. The van der Waals surface area contributed by atoms with Gasteiger partial charge in [0.25, 0.3) is 0 Å². The van der Waals surface area contributed by atoms with Crippen molar-refractivity contribution in [1.29, 1.82) is 0 Å². The van der Waals surface area contributed by atoms with Gasteiger partial charge in [0.05, 0.1) is 6.20 Å². The molecule has 1 aromatic carbocycles. The summed E-state index contributed by atoms with van der Waals surface area (Å²) < 4.78 is 2.61. The Morgan fingerprint density at radius 3 is 2.94 bits per heavy atom. The summed E-state index contributed by atoms with van der Waals surface area (Å²) in [5, 5.41) is 10.4.